The average molecular weight is 365 g/mol. The van der Waals surface area contributed by atoms with E-state index in [4.69, 9.17) is 0 Å². The molecule has 1 atom stereocenters. The van der Waals surface area contributed by atoms with Gasteiger partial charge in [-0.15, -0.1) is 0 Å². The summed E-state index contributed by atoms with van der Waals surface area (Å²) in [5, 5.41) is 9.34. The fourth-order valence-corrected chi connectivity index (χ4v) is 4.01. The summed E-state index contributed by atoms with van der Waals surface area (Å²) < 4.78 is 39.8. The second-order valence-corrected chi connectivity index (χ2v) is 7.83. The van der Waals surface area contributed by atoms with Crippen LogP contribution in [0.15, 0.2) is 53.4 Å². The molecule has 7 heteroatoms. The Balaban J connectivity index is 2.56. The molecule has 0 aliphatic rings. The fraction of sp³-hybridized carbons (Fsp3) is 0.278. The van der Waals surface area contributed by atoms with Crippen LogP contribution in [0.4, 0.5) is 10.1 Å². The number of anilines is 1. The van der Waals surface area contributed by atoms with Crippen molar-refractivity contribution in [1.82, 2.24) is 0 Å². The molecule has 2 rings (SSSR count). The number of rotatable bonds is 6. The van der Waals surface area contributed by atoms with Gasteiger partial charge in [0.25, 0.3) is 10.0 Å². The summed E-state index contributed by atoms with van der Waals surface area (Å²) in [7, 11) is -4.16. The average Bonchev–Trinajstić information content (AvgIpc) is 2.55. The van der Waals surface area contributed by atoms with E-state index in [0.717, 1.165) is 34.1 Å². The Kier molecular flexibility index (Phi) is 5.47. The summed E-state index contributed by atoms with van der Waals surface area (Å²) in [5.41, 5.74) is 1.24. The van der Waals surface area contributed by atoms with Crippen LogP contribution in [0.5, 0.6) is 0 Å². The Morgan fingerprint density at radius 1 is 1.00 bits per heavy atom. The highest BCUT2D eigenvalue weighted by Gasteiger charge is 2.33. The number of nitrogens with zero attached hydrogens (tertiary/aromatic N) is 1. The van der Waals surface area contributed by atoms with Gasteiger partial charge in [-0.3, -0.25) is 4.31 Å². The van der Waals surface area contributed by atoms with E-state index in [-0.39, 0.29) is 16.5 Å². The first-order valence-electron chi connectivity index (χ1n) is 7.77. The largest absolute Gasteiger partial charge is 0.480 e. The predicted molar refractivity (Wildman–Crippen MR) is 93.7 cm³/mol. The van der Waals surface area contributed by atoms with Crippen LogP contribution in [0, 0.1) is 5.82 Å². The van der Waals surface area contributed by atoms with Crippen LogP contribution >= 0.6 is 0 Å². The molecule has 0 amide bonds. The predicted octanol–water partition coefficient (Wildman–Crippen LogP) is 3.62. The number of carbonyl (C=O) groups is 1. The maximum absolute atomic E-state index is 13.1. The molecule has 0 spiro atoms. The van der Waals surface area contributed by atoms with Crippen LogP contribution in [0.3, 0.4) is 0 Å². The SMILES string of the molecule is CC(C)c1ccc(N(C(C)C(=O)O)S(=O)(=O)c2ccc(F)cc2)cc1. The fourth-order valence-electron chi connectivity index (χ4n) is 2.40. The van der Waals surface area contributed by atoms with Crippen LogP contribution in [-0.2, 0) is 14.8 Å². The minimum absolute atomic E-state index is 0.171. The van der Waals surface area contributed by atoms with E-state index < -0.39 is 27.9 Å². The molecule has 0 aliphatic carbocycles. The summed E-state index contributed by atoms with van der Waals surface area (Å²) in [6, 6.07) is 9.66. The van der Waals surface area contributed by atoms with Crippen molar-refractivity contribution in [3.05, 3.63) is 59.9 Å². The molecule has 0 radical (unpaired) electrons. The second-order valence-electron chi connectivity index (χ2n) is 6.02. The van der Waals surface area contributed by atoms with Crippen LogP contribution in [-0.4, -0.2) is 25.5 Å². The van der Waals surface area contributed by atoms with Crippen LogP contribution in [0.2, 0.25) is 0 Å². The summed E-state index contributed by atoms with van der Waals surface area (Å²) in [6.45, 7) is 5.30. The first-order valence-corrected chi connectivity index (χ1v) is 9.21. The molecule has 0 heterocycles. The Morgan fingerprint density at radius 2 is 1.52 bits per heavy atom. The Labute approximate surface area is 146 Å². The van der Waals surface area contributed by atoms with E-state index in [9.17, 15) is 22.7 Å². The van der Waals surface area contributed by atoms with Gasteiger partial charge in [0.15, 0.2) is 0 Å². The number of aliphatic carboxylic acids is 1. The summed E-state index contributed by atoms with van der Waals surface area (Å²) >= 11 is 0. The molecule has 0 fully saturated rings. The number of benzene rings is 2. The van der Waals surface area contributed by atoms with E-state index in [2.05, 4.69) is 0 Å². The molecule has 0 saturated heterocycles. The lowest BCUT2D eigenvalue weighted by atomic mass is 10.0. The van der Waals surface area contributed by atoms with Gasteiger partial charge in [-0.25, -0.2) is 17.6 Å². The maximum Gasteiger partial charge on any atom is 0.327 e. The van der Waals surface area contributed by atoms with Gasteiger partial charge in [0.05, 0.1) is 10.6 Å². The molecular weight excluding hydrogens is 345 g/mol. The van der Waals surface area contributed by atoms with E-state index in [0.29, 0.717) is 0 Å². The van der Waals surface area contributed by atoms with Crippen molar-refractivity contribution >= 4 is 21.7 Å². The molecule has 2 aromatic rings. The smallest absolute Gasteiger partial charge is 0.327 e. The van der Waals surface area contributed by atoms with Crippen molar-refractivity contribution in [1.29, 1.82) is 0 Å². The molecule has 0 aliphatic heterocycles. The van der Waals surface area contributed by atoms with Crippen molar-refractivity contribution in [2.45, 2.75) is 37.6 Å². The molecule has 1 unspecified atom stereocenters. The normalized spacial score (nSPS) is 12.8. The molecule has 0 saturated carbocycles. The highest BCUT2D eigenvalue weighted by molar-refractivity contribution is 7.92. The maximum atomic E-state index is 13.1. The van der Waals surface area contributed by atoms with Crippen LogP contribution in [0.25, 0.3) is 0 Å². The first kappa shape index (κ1) is 18.9. The second kappa shape index (κ2) is 7.23. The summed E-state index contributed by atoms with van der Waals surface area (Å²) in [4.78, 5) is 11.3. The standard InChI is InChI=1S/C18H20FNO4S/c1-12(2)14-4-8-16(9-5-14)20(13(3)18(21)22)25(23,24)17-10-6-15(19)7-11-17/h4-13H,1-3H3,(H,21,22). The van der Waals surface area contributed by atoms with Gasteiger partial charge in [-0.1, -0.05) is 26.0 Å². The zero-order valence-corrected chi connectivity index (χ0v) is 15.0. The number of hydrogen-bond donors (Lipinski definition) is 1. The van der Waals surface area contributed by atoms with Gasteiger partial charge in [0.1, 0.15) is 11.9 Å². The van der Waals surface area contributed by atoms with Crippen LogP contribution in [0.1, 0.15) is 32.3 Å². The van der Waals surface area contributed by atoms with Gasteiger partial charge >= 0.3 is 5.97 Å². The number of hydrogen-bond acceptors (Lipinski definition) is 3. The number of sulfonamides is 1. The molecule has 1 N–H and O–H groups in total. The lowest BCUT2D eigenvalue weighted by Crippen LogP contribution is -2.43. The van der Waals surface area contributed by atoms with Crippen molar-refractivity contribution in [3.8, 4) is 0 Å². The van der Waals surface area contributed by atoms with Gasteiger partial charge in [-0.2, -0.15) is 0 Å². The van der Waals surface area contributed by atoms with Gasteiger partial charge in [0, 0.05) is 0 Å². The summed E-state index contributed by atoms with van der Waals surface area (Å²) in [5.74, 6) is -1.59. The van der Waals surface area contributed by atoms with Crippen molar-refractivity contribution in [2.24, 2.45) is 0 Å². The third-order valence-electron chi connectivity index (χ3n) is 3.89. The lowest BCUT2D eigenvalue weighted by Gasteiger charge is -2.28. The molecule has 0 bridgehead atoms. The molecule has 2 aromatic carbocycles. The van der Waals surface area contributed by atoms with Gasteiger partial charge < -0.3 is 5.11 Å². The topological polar surface area (TPSA) is 74.7 Å². The van der Waals surface area contributed by atoms with Crippen LogP contribution < -0.4 is 4.31 Å². The van der Waals surface area contributed by atoms with Crippen molar-refractivity contribution in [3.63, 3.8) is 0 Å². The molecule has 5 nitrogen and oxygen atoms in total. The van der Waals surface area contributed by atoms with Crippen molar-refractivity contribution < 1.29 is 22.7 Å². The Hall–Kier alpha value is -2.41. The zero-order chi connectivity index (χ0) is 18.8. The minimum Gasteiger partial charge on any atom is -0.480 e. The zero-order valence-electron chi connectivity index (χ0n) is 14.2. The monoisotopic (exact) mass is 365 g/mol. The molecule has 0 aromatic heterocycles. The quantitative estimate of drug-likeness (QED) is 0.848. The van der Waals surface area contributed by atoms with E-state index in [1.54, 1.807) is 24.3 Å². The van der Waals surface area contributed by atoms with E-state index in [1.165, 1.54) is 6.92 Å². The lowest BCUT2D eigenvalue weighted by molar-refractivity contribution is -0.137. The highest BCUT2D eigenvalue weighted by Crippen LogP contribution is 2.28. The Bertz CT molecular complexity index is 846. The third-order valence-corrected chi connectivity index (χ3v) is 5.81. The van der Waals surface area contributed by atoms with E-state index in [1.807, 2.05) is 13.8 Å². The Morgan fingerprint density at radius 3 is 1.96 bits per heavy atom. The minimum atomic E-state index is -4.16. The molecular formula is C18H20FNO4S. The first-order chi connectivity index (χ1) is 11.6. The highest BCUT2D eigenvalue weighted by atomic mass is 32.2. The molecule has 134 valence electrons. The van der Waals surface area contributed by atoms with Gasteiger partial charge in [0.2, 0.25) is 0 Å². The van der Waals surface area contributed by atoms with Crippen molar-refractivity contribution in [2.75, 3.05) is 4.31 Å². The van der Waals surface area contributed by atoms with E-state index >= 15 is 0 Å². The number of halogens is 1. The molecule has 25 heavy (non-hydrogen) atoms. The summed E-state index contributed by atoms with van der Waals surface area (Å²) in [6.07, 6.45) is 0. The number of carboxylic acids is 1. The van der Waals surface area contributed by atoms with Gasteiger partial charge in [-0.05, 0) is 54.8 Å². The third kappa shape index (κ3) is 3.99. The number of carboxylic acid groups (broad SMARTS) is 1.